The average molecular weight is 374 g/mol. The van der Waals surface area contributed by atoms with Crippen molar-refractivity contribution in [3.63, 3.8) is 0 Å². The van der Waals surface area contributed by atoms with Gasteiger partial charge in [-0.2, -0.15) is 0 Å². The van der Waals surface area contributed by atoms with Gasteiger partial charge in [0.25, 0.3) is 0 Å². The molecule has 0 aromatic heterocycles. The third kappa shape index (κ3) is 21.9. The predicted octanol–water partition coefficient (Wildman–Crippen LogP) is 8.09. The standard InChI is InChI=1S/C24H51N.FH/c1-22(2)16-10-7-13-19-25(20-14-8-11-17-23(3)4)21-15-9-12-18-24(5)6;/h22-24H,7-21H2,1-6H3;1H. The van der Waals surface area contributed by atoms with E-state index in [0.717, 1.165) is 17.8 Å². The minimum absolute atomic E-state index is 0. The van der Waals surface area contributed by atoms with Gasteiger partial charge in [0.2, 0.25) is 0 Å². The van der Waals surface area contributed by atoms with E-state index in [2.05, 4.69) is 46.4 Å². The Morgan fingerprint density at radius 1 is 0.423 bits per heavy atom. The normalized spacial score (nSPS) is 11.8. The molecule has 0 aromatic carbocycles. The lowest BCUT2D eigenvalue weighted by Crippen LogP contribution is -2.27. The van der Waals surface area contributed by atoms with E-state index >= 15 is 0 Å². The summed E-state index contributed by atoms with van der Waals surface area (Å²) in [6.45, 7) is 18.1. The van der Waals surface area contributed by atoms with Gasteiger partial charge in [0.1, 0.15) is 0 Å². The summed E-state index contributed by atoms with van der Waals surface area (Å²) in [7, 11) is 0. The summed E-state index contributed by atoms with van der Waals surface area (Å²) < 4.78 is 0. The van der Waals surface area contributed by atoms with Crippen molar-refractivity contribution in [3.05, 3.63) is 0 Å². The lowest BCUT2D eigenvalue weighted by Gasteiger charge is -2.22. The van der Waals surface area contributed by atoms with Gasteiger partial charge < -0.3 is 4.90 Å². The van der Waals surface area contributed by atoms with Crippen molar-refractivity contribution in [1.29, 1.82) is 0 Å². The summed E-state index contributed by atoms with van der Waals surface area (Å²) in [4.78, 5) is 2.78. The zero-order valence-corrected chi connectivity index (χ0v) is 19.2. The molecule has 0 saturated carbocycles. The van der Waals surface area contributed by atoms with Crippen molar-refractivity contribution in [1.82, 2.24) is 4.90 Å². The molecule has 0 radical (unpaired) electrons. The van der Waals surface area contributed by atoms with E-state index in [1.54, 1.807) is 0 Å². The molecule has 0 aliphatic heterocycles. The first-order valence-corrected chi connectivity index (χ1v) is 11.6. The van der Waals surface area contributed by atoms with Gasteiger partial charge in [-0.05, 0) is 56.7 Å². The molecule has 0 aliphatic rings. The van der Waals surface area contributed by atoms with Gasteiger partial charge in [0.15, 0.2) is 0 Å². The van der Waals surface area contributed by atoms with E-state index in [0.29, 0.717) is 0 Å². The average Bonchev–Trinajstić information content (AvgIpc) is 2.52. The maximum atomic E-state index is 2.78. The fourth-order valence-electron chi connectivity index (χ4n) is 3.53. The zero-order valence-electron chi connectivity index (χ0n) is 19.2. The number of hydrogen-bond acceptors (Lipinski definition) is 1. The van der Waals surface area contributed by atoms with Crippen LogP contribution in [0.1, 0.15) is 119 Å². The van der Waals surface area contributed by atoms with Crippen LogP contribution in [-0.2, 0) is 0 Å². The van der Waals surface area contributed by atoms with E-state index in [-0.39, 0.29) is 4.70 Å². The summed E-state index contributed by atoms with van der Waals surface area (Å²) >= 11 is 0. The number of halogens is 1. The molecule has 160 valence electrons. The Hall–Kier alpha value is -0.110. The molecule has 0 unspecified atom stereocenters. The number of nitrogens with zero attached hydrogens (tertiary/aromatic N) is 1. The van der Waals surface area contributed by atoms with Crippen molar-refractivity contribution in [2.45, 2.75) is 119 Å². The topological polar surface area (TPSA) is 3.24 Å². The summed E-state index contributed by atoms with van der Waals surface area (Å²) in [5.41, 5.74) is 0. The summed E-state index contributed by atoms with van der Waals surface area (Å²) in [6, 6.07) is 0. The molecule has 2 heteroatoms. The van der Waals surface area contributed by atoms with Gasteiger partial charge >= 0.3 is 0 Å². The highest BCUT2D eigenvalue weighted by atomic mass is 19.0. The molecule has 0 fully saturated rings. The molecule has 0 saturated heterocycles. The van der Waals surface area contributed by atoms with Crippen LogP contribution in [0.4, 0.5) is 4.70 Å². The van der Waals surface area contributed by atoms with Crippen LogP contribution in [0.25, 0.3) is 0 Å². The Kier molecular flexibility index (Phi) is 21.2. The Morgan fingerprint density at radius 3 is 0.923 bits per heavy atom. The maximum Gasteiger partial charge on any atom is -0.00187 e. The van der Waals surface area contributed by atoms with Crippen molar-refractivity contribution in [3.8, 4) is 0 Å². The molecule has 0 bridgehead atoms. The molecule has 0 N–H and O–H groups in total. The third-order valence-electron chi connectivity index (χ3n) is 5.27. The number of unbranched alkanes of at least 4 members (excludes halogenated alkanes) is 6. The SMILES string of the molecule is CC(C)CCCCCN(CCCCCC(C)C)CCCCCC(C)C.F. The minimum atomic E-state index is 0. The van der Waals surface area contributed by atoms with Crippen molar-refractivity contribution >= 4 is 0 Å². The van der Waals surface area contributed by atoms with Gasteiger partial charge in [0.05, 0.1) is 0 Å². The van der Waals surface area contributed by atoms with Crippen LogP contribution in [0.15, 0.2) is 0 Å². The highest BCUT2D eigenvalue weighted by Crippen LogP contribution is 2.13. The fraction of sp³-hybridized carbons (Fsp3) is 1.00. The molecule has 0 aliphatic carbocycles. The van der Waals surface area contributed by atoms with E-state index in [1.165, 1.54) is 96.7 Å². The molecule has 26 heavy (non-hydrogen) atoms. The predicted molar refractivity (Wildman–Crippen MR) is 119 cm³/mol. The summed E-state index contributed by atoms with van der Waals surface area (Å²) in [5, 5.41) is 0. The lowest BCUT2D eigenvalue weighted by atomic mass is 10.0. The molecule has 0 heterocycles. The first kappa shape index (κ1) is 28.1. The summed E-state index contributed by atoms with van der Waals surface area (Å²) in [5.74, 6) is 2.62. The Balaban J connectivity index is 0. The van der Waals surface area contributed by atoms with Crippen LogP contribution < -0.4 is 0 Å². The quantitative estimate of drug-likeness (QED) is 0.219. The van der Waals surface area contributed by atoms with Crippen LogP contribution in [0, 0.1) is 17.8 Å². The Morgan fingerprint density at radius 2 is 0.692 bits per heavy atom. The highest BCUT2D eigenvalue weighted by molar-refractivity contribution is 4.61. The van der Waals surface area contributed by atoms with E-state index in [4.69, 9.17) is 0 Å². The Labute approximate surface area is 166 Å². The minimum Gasteiger partial charge on any atom is -0.303 e. The monoisotopic (exact) mass is 373 g/mol. The molecular formula is C24H52FN. The second-order valence-corrected chi connectivity index (χ2v) is 9.57. The van der Waals surface area contributed by atoms with Crippen molar-refractivity contribution in [2.75, 3.05) is 19.6 Å². The zero-order chi connectivity index (χ0) is 18.9. The molecule has 0 rings (SSSR count). The maximum absolute atomic E-state index is 2.78. The first-order valence-electron chi connectivity index (χ1n) is 11.6. The molecule has 0 spiro atoms. The van der Waals surface area contributed by atoms with Gasteiger partial charge in [-0.1, -0.05) is 99.3 Å². The smallest absolute Gasteiger partial charge is 0.00187 e. The van der Waals surface area contributed by atoms with E-state index in [1.807, 2.05) is 0 Å². The van der Waals surface area contributed by atoms with Crippen LogP contribution in [0.5, 0.6) is 0 Å². The Bertz CT molecular complexity index is 220. The van der Waals surface area contributed by atoms with Crippen molar-refractivity contribution < 1.29 is 4.70 Å². The molecule has 1 nitrogen and oxygen atoms in total. The largest absolute Gasteiger partial charge is 0.303 e. The molecular weight excluding hydrogens is 321 g/mol. The summed E-state index contributed by atoms with van der Waals surface area (Å²) in [6.07, 6.45) is 17.0. The van der Waals surface area contributed by atoms with Crippen molar-refractivity contribution in [2.24, 2.45) is 17.8 Å². The molecule has 0 amide bonds. The van der Waals surface area contributed by atoms with E-state index < -0.39 is 0 Å². The number of rotatable bonds is 18. The van der Waals surface area contributed by atoms with Gasteiger partial charge in [-0.25, -0.2) is 0 Å². The highest BCUT2D eigenvalue weighted by Gasteiger charge is 2.06. The van der Waals surface area contributed by atoms with Crippen LogP contribution in [0.2, 0.25) is 0 Å². The van der Waals surface area contributed by atoms with Crippen LogP contribution in [-0.4, -0.2) is 24.5 Å². The van der Waals surface area contributed by atoms with Gasteiger partial charge in [-0.15, -0.1) is 0 Å². The fourth-order valence-corrected chi connectivity index (χ4v) is 3.53. The van der Waals surface area contributed by atoms with Crippen LogP contribution in [0.3, 0.4) is 0 Å². The lowest BCUT2D eigenvalue weighted by molar-refractivity contribution is 0.252. The molecule has 0 aromatic rings. The third-order valence-corrected chi connectivity index (χ3v) is 5.27. The molecule has 0 atom stereocenters. The van der Waals surface area contributed by atoms with Gasteiger partial charge in [0, 0.05) is 0 Å². The van der Waals surface area contributed by atoms with Crippen LogP contribution >= 0.6 is 0 Å². The van der Waals surface area contributed by atoms with Gasteiger partial charge in [-0.3, -0.25) is 4.70 Å². The second-order valence-electron chi connectivity index (χ2n) is 9.57. The first-order chi connectivity index (χ1) is 11.9. The second kappa shape index (κ2) is 19.6. The van der Waals surface area contributed by atoms with E-state index in [9.17, 15) is 0 Å². The number of hydrogen-bond donors (Lipinski definition) is 0.